The van der Waals surface area contributed by atoms with Gasteiger partial charge in [-0.15, -0.1) is 0 Å². The lowest BCUT2D eigenvalue weighted by molar-refractivity contribution is 0.0621. The fourth-order valence-corrected chi connectivity index (χ4v) is 2.26. The summed E-state index contributed by atoms with van der Waals surface area (Å²) >= 11 is 5.95. The van der Waals surface area contributed by atoms with Crippen molar-refractivity contribution in [3.05, 3.63) is 34.3 Å². The van der Waals surface area contributed by atoms with Crippen LogP contribution in [0.1, 0.15) is 36.5 Å². The van der Waals surface area contributed by atoms with E-state index in [1.54, 1.807) is 0 Å². The SMILES string of the molecule is Cc1cc(Cl)cc(C(O)C2CCC2)c1. The molecular weight excluding hydrogens is 196 g/mol. The van der Waals surface area contributed by atoms with Crippen molar-refractivity contribution in [2.45, 2.75) is 32.3 Å². The Bertz CT molecular complexity index is 311. The number of aliphatic hydroxyl groups excluding tert-OH is 1. The van der Waals surface area contributed by atoms with Crippen LogP contribution in [0.15, 0.2) is 18.2 Å². The molecule has 1 aliphatic carbocycles. The number of benzene rings is 1. The molecule has 0 bridgehead atoms. The third-order valence-corrected chi connectivity index (χ3v) is 3.22. The van der Waals surface area contributed by atoms with Crippen LogP contribution in [0.25, 0.3) is 0 Å². The molecule has 1 aromatic rings. The Morgan fingerprint density at radius 2 is 2.07 bits per heavy atom. The van der Waals surface area contributed by atoms with Crippen molar-refractivity contribution in [1.82, 2.24) is 0 Å². The topological polar surface area (TPSA) is 20.2 Å². The maximum Gasteiger partial charge on any atom is 0.0818 e. The molecule has 1 unspecified atom stereocenters. The zero-order valence-corrected chi connectivity index (χ0v) is 9.09. The average Bonchev–Trinajstić information content (AvgIpc) is 1.98. The van der Waals surface area contributed by atoms with E-state index in [0.29, 0.717) is 5.92 Å². The highest BCUT2D eigenvalue weighted by atomic mass is 35.5. The third-order valence-electron chi connectivity index (χ3n) is 3.00. The first-order valence-electron chi connectivity index (χ1n) is 5.12. The second-order valence-corrected chi connectivity index (χ2v) is 4.63. The summed E-state index contributed by atoms with van der Waals surface area (Å²) in [5, 5.41) is 10.8. The Morgan fingerprint density at radius 3 is 2.57 bits per heavy atom. The molecule has 0 amide bonds. The number of hydrogen-bond donors (Lipinski definition) is 1. The van der Waals surface area contributed by atoms with Crippen LogP contribution in [0.3, 0.4) is 0 Å². The molecule has 0 spiro atoms. The predicted molar refractivity (Wildman–Crippen MR) is 58.5 cm³/mol. The molecule has 1 atom stereocenters. The van der Waals surface area contributed by atoms with Crippen molar-refractivity contribution in [3.63, 3.8) is 0 Å². The van der Waals surface area contributed by atoms with Crippen LogP contribution in [0.4, 0.5) is 0 Å². The standard InChI is InChI=1S/C12H15ClO/c1-8-5-10(7-11(13)6-8)12(14)9-3-2-4-9/h5-7,9,12,14H,2-4H2,1H3. The van der Waals surface area contributed by atoms with Crippen LogP contribution in [-0.2, 0) is 0 Å². The summed E-state index contributed by atoms with van der Waals surface area (Å²) in [7, 11) is 0. The van der Waals surface area contributed by atoms with Gasteiger partial charge in [-0.3, -0.25) is 0 Å². The minimum atomic E-state index is -0.318. The first-order valence-corrected chi connectivity index (χ1v) is 5.50. The van der Waals surface area contributed by atoms with E-state index in [2.05, 4.69) is 0 Å². The molecular formula is C12H15ClO. The van der Waals surface area contributed by atoms with Crippen molar-refractivity contribution in [2.24, 2.45) is 5.92 Å². The Kier molecular flexibility index (Phi) is 2.80. The van der Waals surface area contributed by atoms with Crippen molar-refractivity contribution in [2.75, 3.05) is 0 Å². The second kappa shape index (κ2) is 3.92. The second-order valence-electron chi connectivity index (χ2n) is 4.20. The summed E-state index contributed by atoms with van der Waals surface area (Å²) in [5.74, 6) is 0.452. The molecule has 1 nitrogen and oxygen atoms in total. The van der Waals surface area contributed by atoms with Gasteiger partial charge in [-0.05, 0) is 48.9 Å². The first kappa shape index (κ1) is 10.0. The van der Waals surface area contributed by atoms with Gasteiger partial charge in [-0.1, -0.05) is 24.1 Å². The van der Waals surface area contributed by atoms with Gasteiger partial charge in [0.05, 0.1) is 6.10 Å². The fourth-order valence-electron chi connectivity index (χ4n) is 1.96. The molecule has 0 heterocycles. The average molecular weight is 211 g/mol. The van der Waals surface area contributed by atoms with Crippen LogP contribution in [0, 0.1) is 12.8 Å². The lowest BCUT2D eigenvalue weighted by atomic mass is 9.78. The first-order chi connectivity index (χ1) is 6.66. The lowest BCUT2D eigenvalue weighted by Gasteiger charge is -2.30. The Morgan fingerprint density at radius 1 is 1.36 bits per heavy atom. The Hall–Kier alpha value is -0.530. The van der Waals surface area contributed by atoms with E-state index in [0.717, 1.165) is 29.0 Å². The van der Waals surface area contributed by atoms with E-state index in [4.69, 9.17) is 11.6 Å². The fraction of sp³-hybridized carbons (Fsp3) is 0.500. The number of aryl methyl sites for hydroxylation is 1. The minimum absolute atomic E-state index is 0.318. The number of aliphatic hydroxyl groups is 1. The van der Waals surface area contributed by atoms with Crippen molar-refractivity contribution < 1.29 is 5.11 Å². The van der Waals surface area contributed by atoms with Gasteiger partial charge in [0.1, 0.15) is 0 Å². The van der Waals surface area contributed by atoms with E-state index < -0.39 is 0 Å². The largest absolute Gasteiger partial charge is 0.388 e. The molecule has 1 saturated carbocycles. The summed E-state index contributed by atoms with van der Waals surface area (Å²) < 4.78 is 0. The highest BCUT2D eigenvalue weighted by Gasteiger charge is 2.26. The quantitative estimate of drug-likeness (QED) is 0.793. The van der Waals surface area contributed by atoms with E-state index in [9.17, 15) is 5.11 Å². The zero-order valence-electron chi connectivity index (χ0n) is 8.33. The van der Waals surface area contributed by atoms with Gasteiger partial charge in [0.15, 0.2) is 0 Å². The maximum absolute atomic E-state index is 10.0. The number of halogens is 1. The van der Waals surface area contributed by atoms with Crippen LogP contribution < -0.4 is 0 Å². The highest BCUT2D eigenvalue weighted by molar-refractivity contribution is 6.30. The summed E-state index contributed by atoms with van der Waals surface area (Å²) in [6.07, 6.45) is 3.22. The van der Waals surface area contributed by atoms with Gasteiger partial charge >= 0.3 is 0 Å². The van der Waals surface area contributed by atoms with Gasteiger partial charge in [0.25, 0.3) is 0 Å². The van der Waals surface area contributed by atoms with E-state index in [1.807, 2.05) is 25.1 Å². The smallest absolute Gasteiger partial charge is 0.0818 e. The van der Waals surface area contributed by atoms with Crippen molar-refractivity contribution >= 4 is 11.6 Å². The molecule has 14 heavy (non-hydrogen) atoms. The molecule has 1 aromatic carbocycles. The summed E-state index contributed by atoms with van der Waals surface area (Å²) in [4.78, 5) is 0. The Labute approximate surface area is 89.7 Å². The third kappa shape index (κ3) is 1.94. The van der Waals surface area contributed by atoms with Gasteiger partial charge < -0.3 is 5.11 Å². The monoisotopic (exact) mass is 210 g/mol. The zero-order chi connectivity index (χ0) is 10.1. The molecule has 1 fully saturated rings. The number of hydrogen-bond acceptors (Lipinski definition) is 1. The highest BCUT2D eigenvalue weighted by Crippen LogP contribution is 2.38. The number of rotatable bonds is 2. The van der Waals surface area contributed by atoms with Crippen LogP contribution in [-0.4, -0.2) is 5.11 Å². The van der Waals surface area contributed by atoms with Gasteiger partial charge in [-0.2, -0.15) is 0 Å². The molecule has 2 heteroatoms. The molecule has 2 rings (SSSR count). The molecule has 0 aromatic heterocycles. The minimum Gasteiger partial charge on any atom is -0.388 e. The summed E-state index contributed by atoms with van der Waals surface area (Å²) in [6, 6.07) is 5.81. The van der Waals surface area contributed by atoms with Gasteiger partial charge in [0, 0.05) is 5.02 Å². The molecule has 76 valence electrons. The van der Waals surface area contributed by atoms with E-state index in [-0.39, 0.29) is 6.10 Å². The lowest BCUT2D eigenvalue weighted by Crippen LogP contribution is -2.20. The van der Waals surface area contributed by atoms with E-state index in [1.165, 1.54) is 6.42 Å². The molecule has 0 saturated heterocycles. The van der Waals surface area contributed by atoms with Crippen LogP contribution in [0.5, 0.6) is 0 Å². The molecule has 0 aliphatic heterocycles. The van der Waals surface area contributed by atoms with Crippen molar-refractivity contribution in [3.8, 4) is 0 Å². The van der Waals surface area contributed by atoms with E-state index >= 15 is 0 Å². The van der Waals surface area contributed by atoms with Gasteiger partial charge in [0.2, 0.25) is 0 Å². The predicted octanol–water partition coefficient (Wildman–Crippen LogP) is 3.48. The summed E-state index contributed by atoms with van der Waals surface area (Å²) in [6.45, 7) is 2.00. The Balaban J connectivity index is 2.21. The summed E-state index contributed by atoms with van der Waals surface area (Å²) in [5.41, 5.74) is 2.09. The van der Waals surface area contributed by atoms with Crippen LogP contribution in [0.2, 0.25) is 5.02 Å². The van der Waals surface area contributed by atoms with Crippen molar-refractivity contribution in [1.29, 1.82) is 0 Å². The van der Waals surface area contributed by atoms with Gasteiger partial charge in [-0.25, -0.2) is 0 Å². The molecule has 1 aliphatic rings. The molecule has 1 N–H and O–H groups in total. The maximum atomic E-state index is 10.0. The van der Waals surface area contributed by atoms with Crippen LogP contribution >= 0.6 is 11.6 Å². The molecule has 0 radical (unpaired) electrons. The normalized spacial score (nSPS) is 19.1.